The largest absolute Gasteiger partial charge is 0.311 e. The Kier molecular flexibility index (Phi) is 10.9. The van der Waals surface area contributed by atoms with E-state index in [-0.39, 0.29) is 0 Å². The van der Waals surface area contributed by atoms with Gasteiger partial charge in [0.1, 0.15) is 0 Å². The molecule has 0 radical (unpaired) electrons. The summed E-state index contributed by atoms with van der Waals surface area (Å²) >= 11 is 0. The van der Waals surface area contributed by atoms with Crippen LogP contribution in [0.5, 0.6) is 0 Å². The molecule has 0 spiro atoms. The predicted octanol–water partition coefficient (Wildman–Crippen LogP) is 16.4. The Labute approximate surface area is 386 Å². The highest BCUT2D eigenvalue weighted by molar-refractivity contribution is 5.92. The number of hydrogen-bond donors (Lipinski definition) is 0. The fourth-order valence-corrected chi connectivity index (χ4v) is 8.85. The van der Waals surface area contributed by atoms with Gasteiger partial charge in [0.25, 0.3) is 0 Å². The van der Waals surface area contributed by atoms with Crippen molar-refractivity contribution in [2.45, 2.75) is 0 Å². The van der Waals surface area contributed by atoms with Crippen molar-refractivity contribution in [3.63, 3.8) is 0 Å². The third kappa shape index (κ3) is 8.11. The Morgan fingerprint density at radius 2 is 0.652 bits per heavy atom. The number of benzene rings is 10. The van der Waals surface area contributed by atoms with Crippen LogP contribution in [0.3, 0.4) is 0 Å². The van der Waals surface area contributed by atoms with Crippen LogP contribution in [-0.4, -0.2) is 14.8 Å². The van der Waals surface area contributed by atoms with Gasteiger partial charge in [-0.3, -0.25) is 0 Å². The lowest BCUT2D eigenvalue weighted by molar-refractivity contribution is 0.891. The molecule has 0 amide bonds. The molecule has 0 bridgehead atoms. The number of rotatable bonds is 11. The maximum absolute atomic E-state index is 5.26. The van der Waals surface area contributed by atoms with Crippen molar-refractivity contribution in [1.29, 1.82) is 0 Å². The van der Waals surface area contributed by atoms with Gasteiger partial charge in [-0.15, -0.1) is 5.10 Å². The van der Waals surface area contributed by atoms with E-state index in [9.17, 15) is 0 Å². The molecule has 66 heavy (non-hydrogen) atoms. The predicted molar refractivity (Wildman–Crippen MR) is 274 cm³/mol. The molecule has 1 heterocycles. The van der Waals surface area contributed by atoms with E-state index in [1.165, 1.54) is 16.7 Å². The van der Waals surface area contributed by atoms with Gasteiger partial charge in [0.15, 0.2) is 11.6 Å². The molecule has 0 N–H and O–H groups in total. The van der Waals surface area contributed by atoms with Crippen LogP contribution in [0.15, 0.2) is 267 Å². The highest BCUT2D eigenvalue weighted by Gasteiger charge is 2.19. The Morgan fingerprint density at radius 1 is 0.273 bits per heavy atom. The topological polar surface area (TPSA) is 34.0 Å². The zero-order valence-corrected chi connectivity index (χ0v) is 36.2. The summed E-state index contributed by atoms with van der Waals surface area (Å²) in [6, 6.07) is 94.1. The van der Waals surface area contributed by atoms with Crippen molar-refractivity contribution in [2.24, 2.45) is 0 Å². The van der Waals surface area contributed by atoms with Gasteiger partial charge in [-0.2, -0.15) is 0 Å². The van der Waals surface area contributed by atoms with E-state index in [0.29, 0.717) is 5.82 Å². The first-order valence-electron chi connectivity index (χ1n) is 22.3. The highest BCUT2D eigenvalue weighted by atomic mass is 15.4. The lowest BCUT2D eigenvalue weighted by atomic mass is 9.89. The van der Waals surface area contributed by atoms with Gasteiger partial charge >= 0.3 is 0 Å². The summed E-state index contributed by atoms with van der Waals surface area (Å²) in [5.74, 6) is 1.44. The minimum absolute atomic E-state index is 0.666. The van der Waals surface area contributed by atoms with E-state index >= 15 is 0 Å². The van der Waals surface area contributed by atoms with Crippen molar-refractivity contribution in [1.82, 2.24) is 14.8 Å². The smallest absolute Gasteiger partial charge is 0.182 e. The fourth-order valence-electron chi connectivity index (χ4n) is 8.85. The second-order valence-corrected chi connectivity index (χ2v) is 16.3. The standard InChI is InChI=1S/C62H44N4/c1-5-19-45(20-6-1)49-23-17-25-51(43-49)61-63-62(52-26-18-24-50(44-52)46-21-7-2-8-22-46)66(64-61)56-41-37-48(38-42-56)58-32-14-16-34-60(58)59-33-15-13-31-57(59)47-35-39-55(40-36-47)65(53-27-9-3-10-28-53)54-29-11-4-12-30-54/h1-44H. The minimum atomic E-state index is 0.666. The monoisotopic (exact) mass is 844 g/mol. The summed E-state index contributed by atoms with van der Waals surface area (Å²) in [5.41, 5.74) is 17.7. The van der Waals surface area contributed by atoms with E-state index in [2.05, 4.69) is 260 Å². The van der Waals surface area contributed by atoms with E-state index in [1.807, 2.05) is 16.8 Å². The summed E-state index contributed by atoms with van der Waals surface area (Å²) in [5, 5.41) is 5.23. The third-order valence-electron chi connectivity index (χ3n) is 12.1. The SMILES string of the molecule is c1ccc(-c2cccc(-c3nc(-c4cccc(-c5ccccc5)c4)n(-c4ccc(-c5ccccc5-c5ccccc5-c5ccc(N(c6ccccc6)c6ccccc6)cc5)cc4)n3)c2)cc1. The molecule has 0 saturated heterocycles. The number of nitrogens with zero attached hydrogens (tertiary/aromatic N) is 4. The van der Waals surface area contributed by atoms with Crippen molar-refractivity contribution in [3.8, 4) is 84.1 Å². The average Bonchev–Trinajstić information content (AvgIpc) is 3.86. The van der Waals surface area contributed by atoms with Crippen molar-refractivity contribution >= 4 is 17.1 Å². The summed E-state index contributed by atoms with van der Waals surface area (Å²) in [7, 11) is 0. The van der Waals surface area contributed by atoms with Gasteiger partial charge in [0, 0.05) is 28.2 Å². The molecular formula is C62H44N4. The van der Waals surface area contributed by atoms with Crippen LogP contribution in [0.2, 0.25) is 0 Å². The average molecular weight is 845 g/mol. The van der Waals surface area contributed by atoms with E-state index in [1.54, 1.807) is 0 Å². The first kappa shape index (κ1) is 40.0. The zero-order chi connectivity index (χ0) is 44.1. The van der Waals surface area contributed by atoms with Gasteiger partial charge in [-0.1, -0.05) is 206 Å². The molecule has 0 fully saturated rings. The molecule has 11 rings (SSSR count). The van der Waals surface area contributed by atoms with Crippen LogP contribution >= 0.6 is 0 Å². The van der Waals surface area contributed by atoms with Gasteiger partial charge in [-0.25, -0.2) is 9.67 Å². The molecule has 11 aromatic rings. The van der Waals surface area contributed by atoms with Crippen molar-refractivity contribution < 1.29 is 0 Å². The first-order valence-corrected chi connectivity index (χ1v) is 22.3. The van der Waals surface area contributed by atoms with E-state index in [4.69, 9.17) is 10.1 Å². The van der Waals surface area contributed by atoms with Crippen LogP contribution in [0, 0.1) is 0 Å². The van der Waals surface area contributed by atoms with Gasteiger partial charge in [-0.05, 0) is 116 Å². The molecule has 0 unspecified atom stereocenters. The minimum Gasteiger partial charge on any atom is -0.311 e. The van der Waals surface area contributed by atoms with E-state index in [0.717, 1.165) is 78.6 Å². The number of hydrogen-bond acceptors (Lipinski definition) is 3. The molecule has 4 heteroatoms. The Morgan fingerprint density at radius 3 is 1.17 bits per heavy atom. The zero-order valence-electron chi connectivity index (χ0n) is 36.2. The van der Waals surface area contributed by atoms with Crippen LogP contribution < -0.4 is 4.90 Å². The molecule has 0 aliphatic rings. The molecule has 1 aromatic heterocycles. The molecule has 0 atom stereocenters. The highest BCUT2D eigenvalue weighted by Crippen LogP contribution is 2.41. The van der Waals surface area contributed by atoms with Gasteiger partial charge in [0.2, 0.25) is 0 Å². The van der Waals surface area contributed by atoms with Crippen LogP contribution in [0.1, 0.15) is 0 Å². The van der Waals surface area contributed by atoms with Gasteiger partial charge < -0.3 is 4.90 Å². The third-order valence-corrected chi connectivity index (χ3v) is 12.1. The van der Waals surface area contributed by atoms with Crippen molar-refractivity contribution in [2.75, 3.05) is 4.90 Å². The quantitative estimate of drug-likeness (QED) is 0.130. The molecule has 0 aliphatic heterocycles. The summed E-state index contributed by atoms with van der Waals surface area (Å²) < 4.78 is 1.99. The van der Waals surface area contributed by atoms with E-state index < -0.39 is 0 Å². The molecule has 4 nitrogen and oxygen atoms in total. The lowest BCUT2D eigenvalue weighted by Gasteiger charge is -2.25. The summed E-state index contributed by atoms with van der Waals surface area (Å²) in [4.78, 5) is 7.56. The molecule has 0 aliphatic carbocycles. The summed E-state index contributed by atoms with van der Waals surface area (Å²) in [6.07, 6.45) is 0. The van der Waals surface area contributed by atoms with Crippen LogP contribution in [0.25, 0.3) is 84.1 Å². The number of anilines is 3. The number of aromatic nitrogens is 3. The molecular weight excluding hydrogens is 801 g/mol. The fraction of sp³-hybridized carbons (Fsp3) is 0. The van der Waals surface area contributed by atoms with Gasteiger partial charge in [0.05, 0.1) is 5.69 Å². The molecule has 0 saturated carbocycles. The Balaban J connectivity index is 0.952. The summed E-state index contributed by atoms with van der Waals surface area (Å²) in [6.45, 7) is 0. The Hall–Kier alpha value is -8.86. The lowest BCUT2D eigenvalue weighted by Crippen LogP contribution is -2.09. The van der Waals surface area contributed by atoms with Crippen LogP contribution in [0.4, 0.5) is 17.1 Å². The van der Waals surface area contributed by atoms with Crippen molar-refractivity contribution in [3.05, 3.63) is 267 Å². The second-order valence-electron chi connectivity index (χ2n) is 16.3. The second kappa shape index (κ2) is 18.1. The normalized spacial score (nSPS) is 11.0. The molecule has 10 aromatic carbocycles. The first-order chi connectivity index (χ1) is 32.7. The maximum atomic E-state index is 5.26. The maximum Gasteiger partial charge on any atom is 0.182 e. The van der Waals surface area contributed by atoms with Crippen LogP contribution in [-0.2, 0) is 0 Å². The molecule has 312 valence electrons. The Bertz CT molecular complexity index is 3340. The number of para-hydroxylation sites is 2.